The highest BCUT2D eigenvalue weighted by Crippen LogP contribution is 2.18. The zero-order valence-corrected chi connectivity index (χ0v) is 16.4. The van der Waals surface area contributed by atoms with Crippen LogP contribution in [0, 0.1) is 5.82 Å². The smallest absolute Gasteiger partial charge is 0.412 e. The zero-order chi connectivity index (χ0) is 19.0. The van der Waals surface area contributed by atoms with Gasteiger partial charge in [-0.25, -0.2) is 14.0 Å². The van der Waals surface area contributed by atoms with Gasteiger partial charge in [-0.1, -0.05) is 29.3 Å². The highest BCUT2D eigenvalue weighted by molar-refractivity contribution is 9.10. The van der Waals surface area contributed by atoms with Crippen LogP contribution in [0.1, 0.15) is 46.1 Å². The van der Waals surface area contributed by atoms with Crippen molar-refractivity contribution in [2.24, 2.45) is 0 Å². The normalized spacial score (nSPS) is 11.8. The van der Waals surface area contributed by atoms with Crippen molar-refractivity contribution in [3.05, 3.63) is 39.7 Å². The van der Waals surface area contributed by atoms with E-state index in [1.54, 1.807) is 20.8 Å². The summed E-state index contributed by atoms with van der Waals surface area (Å²) in [6.45, 7) is 7.26. The summed E-state index contributed by atoms with van der Waals surface area (Å²) >= 11 is 3.24. The predicted molar refractivity (Wildman–Crippen MR) is 97.3 cm³/mol. The number of nitrogens with one attached hydrogen (secondary N) is 1. The minimum atomic E-state index is -0.818. The lowest BCUT2D eigenvalue weighted by Crippen LogP contribution is -2.34. The quantitative estimate of drug-likeness (QED) is 0.411. The van der Waals surface area contributed by atoms with Crippen molar-refractivity contribution in [2.45, 2.75) is 46.1 Å². The molecule has 0 aromatic heterocycles. The summed E-state index contributed by atoms with van der Waals surface area (Å²) in [5, 5.41) is 2.34. The highest BCUT2D eigenvalue weighted by atomic mass is 79.9. The van der Waals surface area contributed by atoms with Gasteiger partial charge in [0.15, 0.2) is 0 Å². The van der Waals surface area contributed by atoms with Crippen molar-refractivity contribution in [2.75, 3.05) is 6.61 Å². The van der Waals surface area contributed by atoms with Gasteiger partial charge in [-0.15, -0.1) is 0 Å². The Morgan fingerprint density at radius 2 is 2.00 bits per heavy atom. The van der Waals surface area contributed by atoms with E-state index in [-0.39, 0.29) is 17.9 Å². The first kappa shape index (κ1) is 21.2. The largest absolute Gasteiger partial charge is 0.461 e. The molecule has 0 heterocycles. The first-order valence-corrected chi connectivity index (χ1v) is 8.75. The maximum absolute atomic E-state index is 13.9. The van der Waals surface area contributed by atoms with Crippen molar-refractivity contribution < 1.29 is 23.5 Å². The van der Waals surface area contributed by atoms with Crippen LogP contribution in [-0.4, -0.2) is 24.3 Å². The average molecular weight is 416 g/mol. The van der Waals surface area contributed by atoms with Crippen LogP contribution in [-0.2, 0) is 14.3 Å². The van der Waals surface area contributed by atoms with Crippen LogP contribution in [0.5, 0.6) is 0 Å². The van der Waals surface area contributed by atoms with Gasteiger partial charge >= 0.3 is 12.1 Å². The van der Waals surface area contributed by atoms with E-state index >= 15 is 0 Å². The van der Waals surface area contributed by atoms with Gasteiger partial charge in [0, 0.05) is 10.0 Å². The molecular weight excluding hydrogens is 393 g/mol. The first-order chi connectivity index (χ1) is 11.6. The van der Waals surface area contributed by atoms with Crippen molar-refractivity contribution in [3.63, 3.8) is 0 Å². The molecule has 0 atom stereocenters. The Kier molecular flexibility index (Phi) is 8.09. The number of rotatable bonds is 6. The van der Waals surface area contributed by atoms with Crippen LogP contribution in [0.15, 0.2) is 28.4 Å². The predicted octanol–water partition coefficient (Wildman–Crippen LogP) is 4.80. The average Bonchev–Trinajstić information content (AvgIpc) is 2.48. The van der Waals surface area contributed by atoms with Crippen LogP contribution < -0.4 is 5.32 Å². The Bertz CT molecular complexity index is 653. The number of amides is 1. The molecule has 0 aliphatic rings. The number of benzene rings is 1. The summed E-state index contributed by atoms with van der Waals surface area (Å²) in [4.78, 5) is 24.2. The number of ether oxygens (including phenoxy) is 2. The second kappa shape index (κ2) is 9.56. The third-order valence-corrected chi connectivity index (χ3v) is 3.34. The summed E-state index contributed by atoms with van der Waals surface area (Å²) in [5.74, 6) is -1.29. The van der Waals surface area contributed by atoms with Crippen molar-refractivity contribution in [1.82, 2.24) is 5.32 Å². The maximum atomic E-state index is 13.9. The molecule has 1 aromatic carbocycles. The molecule has 138 valence electrons. The summed E-state index contributed by atoms with van der Waals surface area (Å²) in [5.41, 5.74) is -0.794. The molecule has 5 nitrogen and oxygen atoms in total. The van der Waals surface area contributed by atoms with Crippen LogP contribution in [0.25, 0.3) is 6.08 Å². The molecule has 0 saturated heterocycles. The van der Waals surface area contributed by atoms with E-state index in [2.05, 4.69) is 21.2 Å². The van der Waals surface area contributed by atoms with E-state index in [1.165, 1.54) is 24.3 Å². The molecule has 0 radical (unpaired) electrons. The van der Waals surface area contributed by atoms with E-state index in [0.717, 1.165) is 6.42 Å². The van der Waals surface area contributed by atoms with Crippen LogP contribution in [0.3, 0.4) is 0 Å². The lowest BCUT2D eigenvalue weighted by Gasteiger charge is -2.20. The second-order valence-corrected chi connectivity index (χ2v) is 7.26. The highest BCUT2D eigenvalue weighted by Gasteiger charge is 2.21. The standard InChI is InChI=1S/C18H23BrFNO4/c1-5-6-9-24-16(22)15(21-17(23)25-18(2,3)4)11-12-10-13(19)7-8-14(12)20/h7-8,10-11H,5-6,9H2,1-4H3,(H,21,23)/b15-11-. The SMILES string of the molecule is CCCCOC(=O)/C(=C/c1cc(Br)ccc1F)NC(=O)OC(C)(C)C. The lowest BCUT2D eigenvalue weighted by atomic mass is 10.2. The van der Waals surface area contributed by atoms with Gasteiger partial charge in [0.1, 0.15) is 17.1 Å². The summed E-state index contributed by atoms with van der Waals surface area (Å²) in [7, 11) is 0. The molecule has 0 unspecified atom stereocenters. The number of alkyl carbamates (subject to hydrolysis) is 1. The molecule has 1 rings (SSSR count). The van der Waals surface area contributed by atoms with E-state index in [1.807, 2.05) is 6.92 Å². The number of hydrogen-bond acceptors (Lipinski definition) is 4. The monoisotopic (exact) mass is 415 g/mol. The topological polar surface area (TPSA) is 64.6 Å². The van der Waals surface area contributed by atoms with E-state index in [0.29, 0.717) is 10.9 Å². The molecule has 7 heteroatoms. The number of unbranched alkanes of at least 4 members (excludes halogenated alkanes) is 1. The summed E-state index contributed by atoms with van der Waals surface area (Å²) in [6, 6.07) is 4.28. The Morgan fingerprint density at radius 3 is 2.60 bits per heavy atom. The molecule has 1 amide bonds. The number of esters is 1. The van der Waals surface area contributed by atoms with Gasteiger partial charge in [-0.05, 0) is 51.5 Å². The van der Waals surface area contributed by atoms with Crippen molar-refractivity contribution in [3.8, 4) is 0 Å². The molecule has 0 aliphatic heterocycles. The third kappa shape index (κ3) is 8.16. The Labute approximate surface area is 155 Å². The molecule has 0 fully saturated rings. The Morgan fingerprint density at radius 1 is 1.32 bits per heavy atom. The molecule has 1 N–H and O–H groups in total. The van der Waals surface area contributed by atoms with Crippen LogP contribution in [0.2, 0.25) is 0 Å². The summed E-state index contributed by atoms with van der Waals surface area (Å²) < 4.78 is 24.8. The van der Waals surface area contributed by atoms with E-state index < -0.39 is 23.5 Å². The van der Waals surface area contributed by atoms with E-state index in [9.17, 15) is 14.0 Å². The lowest BCUT2D eigenvalue weighted by molar-refractivity contribution is -0.139. The molecule has 1 aromatic rings. The van der Waals surface area contributed by atoms with Gasteiger partial charge in [-0.2, -0.15) is 0 Å². The van der Waals surface area contributed by atoms with Gasteiger partial charge in [-0.3, -0.25) is 5.32 Å². The summed E-state index contributed by atoms with van der Waals surface area (Å²) in [6.07, 6.45) is 1.95. The fourth-order valence-electron chi connectivity index (χ4n) is 1.73. The van der Waals surface area contributed by atoms with Crippen LogP contribution >= 0.6 is 15.9 Å². The first-order valence-electron chi connectivity index (χ1n) is 7.96. The van der Waals surface area contributed by atoms with Crippen molar-refractivity contribution >= 4 is 34.1 Å². The van der Waals surface area contributed by atoms with Crippen molar-refractivity contribution in [1.29, 1.82) is 0 Å². The minimum absolute atomic E-state index is 0.132. The fraction of sp³-hybridized carbons (Fsp3) is 0.444. The van der Waals surface area contributed by atoms with Crippen LogP contribution in [0.4, 0.5) is 9.18 Å². The second-order valence-electron chi connectivity index (χ2n) is 6.34. The van der Waals surface area contributed by atoms with Gasteiger partial charge < -0.3 is 9.47 Å². The number of carbonyl (C=O) groups excluding carboxylic acids is 2. The number of carbonyl (C=O) groups is 2. The van der Waals surface area contributed by atoms with Gasteiger partial charge in [0.25, 0.3) is 0 Å². The molecule has 25 heavy (non-hydrogen) atoms. The Hall–Kier alpha value is -1.89. The zero-order valence-electron chi connectivity index (χ0n) is 14.8. The third-order valence-electron chi connectivity index (χ3n) is 2.84. The molecule has 0 bridgehead atoms. The molecule has 0 spiro atoms. The van der Waals surface area contributed by atoms with Gasteiger partial charge in [0.05, 0.1) is 6.61 Å². The van der Waals surface area contributed by atoms with E-state index in [4.69, 9.17) is 9.47 Å². The number of halogens is 2. The Balaban J connectivity index is 3.05. The fourth-order valence-corrected chi connectivity index (χ4v) is 2.11. The molecule has 0 aliphatic carbocycles. The van der Waals surface area contributed by atoms with Gasteiger partial charge in [0.2, 0.25) is 0 Å². The maximum Gasteiger partial charge on any atom is 0.412 e. The minimum Gasteiger partial charge on any atom is -0.461 e. The molecular formula is C18H23BrFNO4. The molecule has 0 saturated carbocycles. The number of hydrogen-bond donors (Lipinski definition) is 1.